The first kappa shape index (κ1) is 7.91. The van der Waals surface area contributed by atoms with E-state index in [1.807, 2.05) is 0 Å². The normalized spacial score (nSPS) is 12.9. The average molecular weight is 182 g/mol. The Balaban J connectivity index is 3.33. The van der Waals surface area contributed by atoms with E-state index in [1.165, 1.54) is 0 Å². The van der Waals surface area contributed by atoms with Gasteiger partial charge in [0.25, 0.3) is 0 Å². The van der Waals surface area contributed by atoms with Gasteiger partial charge in [-0.3, -0.25) is 4.79 Å². The fourth-order valence-corrected chi connectivity index (χ4v) is 0.380. The minimum atomic E-state index is -0.297. The lowest BCUT2D eigenvalue weighted by Gasteiger charge is -2.00. The van der Waals surface area contributed by atoms with Gasteiger partial charge < -0.3 is 10.4 Å². The highest BCUT2D eigenvalue weighted by molar-refractivity contribution is 9.10. The number of amides is 1. The number of carbonyl (C=O) groups is 1. The van der Waals surface area contributed by atoms with Crippen LogP contribution in [-0.2, 0) is 4.79 Å². The molecule has 1 amide bonds. The van der Waals surface area contributed by atoms with E-state index in [1.54, 1.807) is 6.92 Å². The van der Waals surface area contributed by atoms with Crippen molar-refractivity contribution in [3.05, 3.63) is 0 Å². The minimum absolute atomic E-state index is 0.201. The summed E-state index contributed by atoms with van der Waals surface area (Å²) in [5, 5.41) is 10.3. The number of hydrogen-bond acceptors (Lipinski definition) is 2. The first-order chi connectivity index (χ1) is 3.68. The van der Waals surface area contributed by atoms with Crippen LogP contribution in [0.2, 0.25) is 0 Å². The molecule has 0 radical (unpaired) electrons. The zero-order valence-corrected chi connectivity index (χ0v) is 6.10. The number of aliphatic hydroxyl groups is 1. The number of carbonyl (C=O) groups excluding carboxylic acids is 1. The summed E-state index contributed by atoms with van der Waals surface area (Å²) >= 11 is 3.02. The summed E-state index contributed by atoms with van der Waals surface area (Å²) in [7, 11) is 0. The second-order valence-corrected chi connectivity index (χ2v) is 2.69. The zero-order valence-electron chi connectivity index (χ0n) is 4.52. The summed E-state index contributed by atoms with van der Waals surface area (Å²) in [4.78, 5) is 10.2. The molecular formula is C4H8BrNO2. The molecule has 0 aliphatic heterocycles. The molecule has 0 saturated carbocycles. The van der Waals surface area contributed by atoms with E-state index in [-0.39, 0.29) is 17.5 Å². The highest BCUT2D eigenvalue weighted by Crippen LogP contribution is 1.94. The van der Waals surface area contributed by atoms with Crippen molar-refractivity contribution < 1.29 is 9.90 Å². The molecule has 0 heterocycles. The summed E-state index contributed by atoms with van der Waals surface area (Å²) in [6, 6.07) is 0. The van der Waals surface area contributed by atoms with Crippen LogP contribution in [0.15, 0.2) is 0 Å². The van der Waals surface area contributed by atoms with Gasteiger partial charge in [0.2, 0.25) is 5.91 Å². The molecule has 0 rings (SSSR count). The van der Waals surface area contributed by atoms with Crippen LogP contribution in [0.3, 0.4) is 0 Å². The summed E-state index contributed by atoms with van der Waals surface area (Å²) in [5.41, 5.74) is 0. The van der Waals surface area contributed by atoms with Crippen molar-refractivity contribution >= 4 is 21.8 Å². The monoisotopic (exact) mass is 181 g/mol. The SMILES string of the molecule is CC(Br)C(=O)NCO. The van der Waals surface area contributed by atoms with Crippen LogP contribution in [0.5, 0.6) is 0 Å². The lowest BCUT2D eigenvalue weighted by Crippen LogP contribution is -2.29. The smallest absolute Gasteiger partial charge is 0.235 e. The first-order valence-electron chi connectivity index (χ1n) is 2.21. The van der Waals surface area contributed by atoms with Crippen LogP contribution in [0.1, 0.15) is 6.92 Å². The third-order valence-corrected chi connectivity index (χ3v) is 1.03. The van der Waals surface area contributed by atoms with Gasteiger partial charge in [0, 0.05) is 0 Å². The van der Waals surface area contributed by atoms with Gasteiger partial charge >= 0.3 is 0 Å². The van der Waals surface area contributed by atoms with E-state index < -0.39 is 0 Å². The Morgan fingerprint density at radius 2 is 2.50 bits per heavy atom. The van der Waals surface area contributed by atoms with Crippen LogP contribution >= 0.6 is 15.9 Å². The van der Waals surface area contributed by atoms with Crippen molar-refractivity contribution in [1.29, 1.82) is 0 Å². The molecular weight excluding hydrogens is 174 g/mol. The Hall–Kier alpha value is -0.0900. The number of alkyl halides is 1. The van der Waals surface area contributed by atoms with Crippen molar-refractivity contribution in [2.45, 2.75) is 11.8 Å². The molecule has 0 bridgehead atoms. The van der Waals surface area contributed by atoms with E-state index in [9.17, 15) is 4.79 Å². The average Bonchev–Trinajstić information content (AvgIpc) is 1.67. The summed E-state index contributed by atoms with van der Waals surface area (Å²) in [5.74, 6) is -0.201. The molecule has 1 atom stereocenters. The van der Waals surface area contributed by atoms with Crippen LogP contribution in [0.25, 0.3) is 0 Å². The highest BCUT2D eigenvalue weighted by atomic mass is 79.9. The molecule has 0 spiro atoms. The quantitative estimate of drug-likeness (QED) is 0.460. The van der Waals surface area contributed by atoms with E-state index >= 15 is 0 Å². The topological polar surface area (TPSA) is 49.3 Å². The van der Waals surface area contributed by atoms with E-state index in [4.69, 9.17) is 5.11 Å². The Kier molecular flexibility index (Phi) is 3.81. The van der Waals surface area contributed by atoms with Crippen molar-refractivity contribution in [3.8, 4) is 0 Å². The van der Waals surface area contributed by atoms with E-state index in [0.717, 1.165) is 0 Å². The lowest BCUT2D eigenvalue weighted by atomic mass is 10.5. The molecule has 48 valence electrons. The Morgan fingerprint density at radius 1 is 2.00 bits per heavy atom. The van der Waals surface area contributed by atoms with Gasteiger partial charge in [-0.1, -0.05) is 15.9 Å². The molecule has 0 aliphatic rings. The Labute approximate surface area is 56.2 Å². The fraction of sp³-hybridized carbons (Fsp3) is 0.750. The lowest BCUT2D eigenvalue weighted by molar-refractivity contribution is -0.121. The second-order valence-electron chi connectivity index (χ2n) is 1.32. The maximum Gasteiger partial charge on any atom is 0.235 e. The molecule has 0 saturated heterocycles. The van der Waals surface area contributed by atoms with Gasteiger partial charge in [-0.25, -0.2) is 0 Å². The predicted molar refractivity (Wildman–Crippen MR) is 33.6 cm³/mol. The minimum Gasteiger partial charge on any atom is -0.377 e. The van der Waals surface area contributed by atoms with Gasteiger partial charge in [-0.15, -0.1) is 0 Å². The summed E-state index contributed by atoms with van der Waals surface area (Å²) in [6.45, 7) is 1.39. The first-order valence-corrected chi connectivity index (χ1v) is 3.12. The van der Waals surface area contributed by atoms with Crippen LogP contribution in [0.4, 0.5) is 0 Å². The van der Waals surface area contributed by atoms with Gasteiger partial charge in [0.1, 0.15) is 6.73 Å². The van der Waals surface area contributed by atoms with Crippen molar-refractivity contribution in [2.75, 3.05) is 6.73 Å². The summed E-state index contributed by atoms with van der Waals surface area (Å²) < 4.78 is 0. The maximum atomic E-state index is 10.4. The maximum absolute atomic E-state index is 10.4. The van der Waals surface area contributed by atoms with Crippen LogP contribution < -0.4 is 5.32 Å². The number of rotatable bonds is 2. The highest BCUT2D eigenvalue weighted by Gasteiger charge is 2.04. The van der Waals surface area contributed by atoms with Crippen LogP contribution in [-0.4, -0.2) is 22.6 Å². The zero-order chi connectivity index (χ0) is 6.57. The largest absolute Gasteiger partial charge is 0.377 e. The molecule has 0 aliphatic carbocycles. The van der Waals surface area contributed by atoms with Crippen molar-refractivity contribution in [3.63, 3.8) is 0 Å². The van der Waals surface area contributed by atoms with E-state index in [0.29, 0.717) is 0 Å². The Bertz CT molecular complexity index is 84.1. The number of halogens is 1. The summed E-state index contributed by atoms with van der Waals surface area (Å²) in [6.07, 6.45) is 0. The molecule has 8 heavy (non-hydrogen) atoms. The molecule has 0 aromatic carbocycles. The standard InChI is InChI=1S/C4H8BrNO2/c1-3(5)4(8)6-2-7/h3,7H,2H2,1H3,(H,6,8). The van der Waals surface area contributed by atoms with Gasteiger partial charge in [-0.2, -0.15) is 0 Å². The molecule has 4 heteroatoms. The third-order valence-electron chi connectivity index (χ3n) is 0.615. The van der Waals surface area contributed by atoms with Crippen LogP contribution in [0, 0.1) is 0 Å². The molecule has 0 aromatic rings. The second kappa shape index (κ2) is 3.86. The predicted octanol–water partition coefficient (Wildman–Crippen LogP) is -0.164. The molecule has 0 fully saturated rings. The number of aliphatic hydroxyl groups excluding tert-OH is 1. The van der Waals surface area contributed by atoms with Crippen molar-refractivity contribution in [2.24, 2.45) is 0 Å². The van der Waals surface area contributed by atoms with Gasteiger partial charge in [0.15, 0.2) is 0 Å². The van der Waals surface area contributed by atoms with E-state index in [2.05, 4.69) is 21.2 Å². The molecule has 2 N–H and O–H groups in total. The Morgan fingerprint density at radius 3 is 2.62 bits per heavy atom. The molecule has 0 aromatic heterocycles. The third kappa shape index (κ3) is 2.98. The van der Waals surface area contributed by atoms with Gasteiger partial charge in [0.05, 0.1) is 4.83 Å². The van der Waals surface area contributed by atoms with Crippen molar-refractivity contribution in [1.82, 2.24) is 5.32 Å². The number of nitrogens with one attached hydrogen (secondary N) is 1. The molecule has 3 nitrogen and oxygen atoms in total. The van der Waals surface area contributed by atoms with Gasteiger partial charge in [-0.05, 0) is 6.92 Å². The fourth-order valence-electron chi connectivity index (χ4n) is 0.219. The number of hydrogen-bond donors (Lipinski definition) is 2. The molecule has 1 unspecified atom stereocenters.